The number of aromatic amines is 1. The van der Waals surface area contributed by atoms with Crippen LogP contribution >= 0.6 is 23.4 Å². The van der Waals surface area contributed by atoms with Crippen LogP contribution in [0.1, 0.15) is 16.8 Å². The van der Waals surface area contributed by atoms with Crippen LogP contribution in [0.2, 0.25) is 5.02 Å². The quantitative estimate of drug-likeness (QED) is 0.614. The van der Waals surface area contributed by atoms with Gasteiger partial charge in [0.1, 0.15) is 5.82 Å². The molecule has 1 aliphatic rings. The standard InChI is InChI=1S/C17H19ClFN3O2S/c1-24-7-6-22-5-4-15-13(9-22)16(23)21-17(20-15)25-10-11-2-3-12(19)8-14(11)18/h2-3,8H,4-7,9-10H2,1H3,(H,20,21,23). The maximum absolute atomic E-state index is 13.1. The fourth-order valence-corrected chi connectivity index (χ4v) is 3.92. The molecule has 1 aliphatic heterocycles. The number of halogens is 2. The molecule has 134 valence electrons. The first-order valence-electron chi connectivity index (χ1n) is 7.97. The first kappa shape index (κ1) is 18.4. The van der Waals surface area contributed by atoms with Crippen LogP contribution < -0.4 is 5.56 Å². The van der Waals surface area contributed by atoms with E-state index in [0.29, 0.717) is 29.1 Å². The highest BCUT2D eigenvalue weighted by molar-refractivity contribution is 7.98. The van der Waals surface area contributed by atoms with E-state index in [1.807, 2.05) is 0 Å². The Morgan fingerprint density at radius 3 is 3.08 bits per heavy atom. The van der Waals surface area contributed by atoms with E-state index in [2.05, 4.69) is 14.9 Å². The van der Waals surface area contributed by atoms with Crippen LogP contribution in [0.4, 0.5) is 4.39 Å². The lowest BCUT2D eigenvalue weighted by atomic mass is 10.1. The van der Waals surface area contributed by atoms with E-state index in [-0.39, 0.29) is 11.4 Å². The van der Waals surface area contributed by atoms with E-state index in [1.54, 1.807) is 13.2 Å². The number of benzene rings is 1. The summed E-state index contributed by atoms with van der Waals surface area (Å²) in [6.45, 7) is 2.90. The lowest BCUT2D eigenvalue weighted by Crippen LogP contribution is -2.37. The van der Waals surface area contributed by atoms with Crippen molar-refractivity contribution in [2.75, 3.05) is 26.8 Å². The zero-order chi connectivity index (χ0) is 17.8. The zero-order valence-corrected chi connectivity index (χ0v) is 15.4. The van der Waals surface area contributed by atoms with Crippen molar-refractivity contribution in [2.24, 2.45) is 0 Å². The second-order valence-electron chi connectivity index (χ2n) is 5.84. The second-order valence-corrected chi connectivity index (χ2v) is 7.21. The SMILES string of the molecule is COCCN1CCc2nc(SCc3ccc(F)cc3Cl)[nH]c(=O)c2C1. The van der Waals surface area contributed by atoms with Gasteiger partial charge in [0, 0.05) is 43.9 Å². The monoisotopic (exact) mass is 383 g/mol. The molecule has 0 unspecified atom stereocenters. The highest BCUT2D eigenvalue weighted by Gasteiger charge is 2.21. The fourth-order valence-electron chi connectivity index (χ4n) is 2.72. The van der Waals surface area contributed by atoms with E-state index < -0.39 is 0 Å². The maximum atomic E-state index is 13.1. The summed E-state index contributed by atoms with van der Waals surface area (Å²) in [5.41, 5.74) is 2.29. The third-order valence-corrected chi connectivity index (χ3v) is 5.39. The predicted octanol–water partition coefficient (Wildman–Crippen LogP) is 2.86. The van der Waals surface area contributed by atoms with Gasteiger partial charge in [0.15, 0.2) is 5.16 Å². The van der Waals surface area contributed by atoms with E-state index in [1.165, 1.54) is 23.9 Å². The maximum Gasteiger partial charge on any atom is 0.256 e. The van der Waals surface area contributed by atoms with Gasteiger partial charge in [-0.25, -0.2) is 9.37 Å². The number of hydrogen-bond donors (Lipinski definition) is 1. The third kappa shape index (κ3) is 4.61. The molecule has 1 aromatic heterocycles. The summed E-state index contributed by atoms with van der Waals surface area (Å²) in [7, 11) is 1.67. The Morgan fingerprint density at radius 2 is 2.32 bits per heavy atom. The molecule has 5 nitrogen and oxygen atoms in total. The van der Waals surface area contributed by atoms with Crippen molar-refractivity contribution in [3.63, 3.8) is 0 Å². The third-order valence-electron chi connectivity index (χ3n) is 4.12. The normalized spacial score (nSPS) is 14.5. The molecular weight excluding hydrogens is 365 g/mol. The van der Waals surface area contributed by atoms with Crippen LogP contribution in [0.15, 0.2) is 28.2 Å². The minimum atomic E-state index is -0.364. The van der Waals surface area contributed by atoms with Crippen molar-refractivity contribution in [2.45, 2.75) is 23.9 Å². The summed E-state index contributed by atoms with van der Waals surface area (Å²) < 4.78 is 18.2. The molecule has 3 rings (SSSR count). The summed E-state index contributed by atoms with van der Waals surface area (Å²) in [6.07, 6.45) is 0.744. The summed E-state index contributed by atoms with van der Waals surface area (Å²) in [6, 6.07) is 4.31. The van der Waals surface area contributed by atoms with Crippen LogP contribution in [0, 0.1) is 5.82 Å². The van der Waals surface area contributed by atoms with Gasteiger partial charge in [-0.05, 0) is 17.7 Å². The van der Waals surface area contributed by atoms with E-state index in [9.17, 15) is 9.18 Å². The van der Waals surface area contributed by atoms with Crippen LogP contribution in [-0.2, 0) is 23.5 Å². The van der Waals surface area contributed by atoms with Gasteiger partial charge in [-0.2, -0.15) is 0 Å². The van der Waals surface area contributed by atoms with Crippen LogP contribution in [0.3, 0.4) is 0 Å². The molecule has 0 saturated carbocycles. The molecule has 25 heavy (non-hydrogen) atoms. The Morgan fingerprint density at radius 1 is 1.48 bits per heavy atom. The first-order chi connectivity index (χ1) is 12.1. The van der Waals surface area contributed by atoms with Gasteiger partial charge in [0.25, 0.3) is 5.56 Å². The molecule has 0 saturated heterocycles. The fraction of sp³-hybridized carbons (Fsp3) is 0.412. The summed E-state index contributed by atoms with van der Waals surface area (Å²) >= 11 is 7.43. The van der Waals surface area contributed by atoms with Crippen molar-refractivity contribution in [3.05, 3.63) is 56.2 Å². The van der Waals surface area contributed by atoms with Gasteiger partial charge in [-0.15, -0.1) is 0 Å². The van der Waals surface area contributed by atoms with Crippen LogP contribution in [0.25, 0.3) is 0 Å². The van der Waals surface area contributed by atoms with Crippen molar-refractivity contribution in [1.29, 1.82) is 0 Å². The molecule has 0 aliphatic carbocycles. The molecule has 0 fully saturated rings. The van der Waals surface area contributed by atoms with Crippen LogP contribution in [-0.4, -0.2) is 41.7 Å². The van der Waals surface area contributed by atoms with Crippen molar-refractivity contribution in [3.8, 4) is 0 Å². The van der Waals surface area contributed by atoms with E-state index in [4.69, 9.17) is 16.3 Å². The van der Waals surface area contributed by atoms with Crippen molar-refractivity contribution < 1.29 is 9.13 Å². The minimum absolute atomic E-state index is 0.0974. The number of ether oxygens (including phenoxy) is 1. The molecule has 2 heterocycles. The number of fused-ring (bicyclic) bond motifs is 1. The molecule has 2 aromatic rings. The molecule has 0 radical (unpaired) electrons. The van der Waals surface area contributed by atoms with Crippen molar-refractivity contribution in [1.82, 2.24) is 14.9 Å². The number of rotatable bonds is 6. The predicted molar refractivity (Wildman–Crippen MR) is 96.7 cm³/mol. The highest BCUT2D eigenvalue weighted by Crippen LogP contribution is 2.26. The number of hydrogen-bond acceptors (Lipinski definition) is 5. The molecule has 0 atom stereocenters. The average Bonchev–Trinajstić information content (AvgIpc) is 2.59. The molecule has 1 N–H and O–H groups in total. The Kier molecular flexibility index (Phi) is 6.11. The number of nitrogens with zero attached hydrogens (tertiary/aromatic N) is 2. The van der Waals surface area contributed by atoms with E-state index >= 15 is 0 Å². The zero-order valence-electron chi connectivity index (χ0n) is 13.8. The van der Waals surface area contributed by atoms with Gasteiger partial charge in [-0.3, -0.25) is 9.69 Å². The Labute approximate surface area is 154 Å². The summed E-state index contributed by atoms with van der Waals surface area (Å²) in [5, 5.41) is 0.941. The number of thioether (sulfide) groups is 1. The number of nitrogens with one attached hydrogen (secondary N) is 1. The molecule has 0 amide bonds. The van der Waals surface area contributed by atoms with E-state index in [0.717, 1.165) is 36.3 Å². The topological polar surface area (TPSA) is 58.2 Å². The molecular formula is C17H19ClFN3O2S. The molecule has 8 heteroatoms. The lowest BCUT2D eigenvalue weighted by Gasteiger charge is -2.27. The van der Waals surface area contributed by atoms with Crippen molar-refractivity contribution >= 4 is 23.4 Å². The largest absolute Gasteiger partial charge is 0.383 e. The van der Waals surface area contributed by atoms with Crippen LogP contribution in [0.5, 0.6) is 0 Å². The smallest absolute Gasteiger partial charge is 0.256 e. The molecule has 0 bridgehead atoms. The summed E-state index contributed by atoms with van der Waals surface area (Å²) in [5.74, 6) is 0.151. The first-order valence-corrected chi connectivity index (χ1v) is 9.33. The second kappa shape index (κ2) is 8.31. The van der Waals surface area contributed by atoms with Gasteiger partial charge in [0.2, 0.25) is 0 Å². The highest BCUT2D eigenvalue weighted by atomic mass is 35.5. The number of aromatic nitrogens is 2. The Balaban J connectivity index is 1.70. The average molecular weight is 384 g/mol. The Hall–Kier alpha value is -1.41. The number of H-pyrrole nitrogens is 1. The van der Waals surface area contributed by atoms with Gasteiger partial charge in [-0.1, -0.05) is 29.4 Å². The molecule has 1 aromatic carbocycles. The van der Waals surface area contributed by atoms with Gasteiger partial charge in [0.05, 0.1) is 17.9 Å². The van der Waals surface area contributed by atoms with Gasteiger partial charge >= 0.3 is 0 Å². The van der Waals surface area contributed by atoms with Gasteiger partial charge < -0.3 is 9.72 Å². The molecule has 0 spiro atoms. The summed E-state index contributed by atoms with van der Waals surface area (Å²) in [4.78, 5) is 22.0. The lowest BCUT2D eigenvalue weighted by molar-refractivity contribution is 0.139. The number of methoxy groups -OCH3 is 1. The Bertz CT molecular complexity index is 815. The minimum Gasteiger partial charge on any atom is -0.383 e.